The minimum Gasteiger partial charge on any atom is -0.493 e. The number of likely N-dealkylation sites (N-methyl/N-ethyl adjacent to an activating group) is 1. The van der Waals surface area contributed by atoms with Crippen LogP contribution in [0, 0.1) is 0 Å². The van der Waals surface area contributed by atoms with E-state index in [9.17, 15) is 14.7 Å². The standard InChI is InChI=1S/C20H21NO5S/c1-21-18(11-5-7-12(27-4)8-6-11)17(20(23)24)13-9-15(25-2)16(26-3)10-14(13)19(21)22/h5-10,17-18H,1-4H3,(H,23,24)/t17-,18-/m0/s1. The van der Waals surface area contributed by atoms with Crippen molar-refractivity contribution in [3.8, 4) is 11.5 Å². The molecule has 0 fully saturated rings. The zero-order valence-electron chi connectivity index (χ0n) is 15.6. The summed E-state index contributed by atoms with van der Waals surface area (Å²) in [7, 11) is 4.59. The summed E-state index contributed by atoms with van der Waals surface area (Å²) in [5, 5.41) is 10.00. The summed E-state index contributed by atoms with van der Waals surface area (Å²) in [6.07, 6.45) is 1.97. The lowest BCUT2D eigenvalue weighted by Crippen LogP contribution is -2.42. The molecule has 0 radical (unpaired) electrons. The van der Waals surface area contributed by atoms with Gasteiger partial charge in [-0.05, 0) is 41.6 Å². The van der Waals surface area contributed by atoms with Gasteiger partial charge in [-0.2, -0.15) is 0 Å². The Kier molecular flexibility index (Phi) is 5.32. The molecular formula is C20H21NO5S. The first kappa shape index (κ1) is 19.1. The number of nitrogens with zero attached hydrogens (tertiary/aromatic N) is 1. The maximum Gasteiger partial charge on any atom is 0.313 e. The molecule has 27 heavy (non-hydrogen) atoms. The third kappa shape index (κ3) is 3.23. The normalized spacial score (nSPS) is 18.8. The number of carboxylic acids is 1. The maximum atomic E-state index is 13.0. The van der Waals surface area contributed by atoms with E-state index in [1.807, 2.05) is 30.5 Å². The Balaban J connectivity index is 2.19. The number of hydrogen-bond acceptors (Lipinski definition) is 5. The van der Waals surface area contributed by atoms with Crippen LogP contribution < -0.4 is 9.47 Å². The summed E-state index contributed by atoms with van der Waals surface area (Å²) in [5.41, 5.74) is 1.53. The average molecular weight is 387 g/mol. The number of hydrogen-bond donors (Lipinski definition) is 1. The van der Waals surface area contributed by atoms with Gasteiger partial charge < -0.3 is 19.5 Å². The summed E-state index contributed by atoms with van der Waals surface area (Å²) in [6, 6.07) is 10.2. The van der Waals surface area contributed by atoms with Crippen molar-refractivity contribution < 1.29 is 24.2 Å². The molecule has 142 valence electrons. The van der Waals surface area contributed by atoms with E-state index in [4.69, 9.17) is 9.47 Å². The van der Waals surface area contributed by atoms with Crippen LogP contribution in [0.5, 0.6) is 11.5 Å². The molecule has 1 heterocycles. The van der Waals surface area contributed by atoms with Gasteiger partial charge in [0.15, 0.2) is 11.5 Å². The van der Waals surface area contributed by atoms with Gasteiger partial charge >= 0.3 is 5.97 Å². The SMILES string of the molecule is COc1cc2c(cc1OC)[C@H](C(=O)O)[C@H](c1ccc(SC)cc1)N(C)C2=O. The van der Waals surface area contributed by atoms with Gasteiger partial charge in [0.1, 0.15) is 5.92 Å². The molecule has 6 nitrogen and oxygen atoms in total. The molecule has 3 rings (SSSR count). The van der Waals surface area contributed by atoms with Crippen molar-refractivity contribution in [2.75, 3.05) is 27.5 Å². The van der Waals surface area contributed by atoms with Crippen LogP contribution in [-0.4, -0.2) is 49.4 Å². The number of ether oxygens (including phenoxy) is 2. The largest absolute Gasteiger partial charge is 0.493 e. The second-order valence-corrected chi connectivity index (χ2v) is 7.12. The lowest BCUT2D eigenvalue weighted by Gasteiger charge is -2.39. The lowest BCUT2D eigenvalue weighted by molar-refractivity contribution is -0.140. The van der Waals surface area contributed by atoms with Crippen LogP contribution in [0.25, 0.3) is 0 Å². The number of thioether (sulfide) groups is 1. The van der Waals surface area contributed by atoms with Crippen LogP contribution >= 0.6 is 11.8 Å². The fourth-order valence-corrected chi connectivity index (χ4v) is 3.94. The smallest absolute Gasteiger partial charge is 0.313 e. The average Bonchev–Trinajstić information content (AvgIpc) is 2.69. The van der Waals surface area contributed by atoms with Gasteiger partial charge in [-0.1, -0.05) is 12.1 Å². The fraction of sp³-hybridized carbons (Fsp3) is 0.300. The van der Waals surface area contributed by atoms with E-state index in [0.717, 1.165) is 10.5 Å². The molecular weight excluding hydrogens is 366 g/mol. The van der Waals surface area contributed by atoms with Gasteiger partial charge in [0, 0.05) is 17.5 Å². The third-order valence-electron chi connectivity index (χ3n) is 4.90. The van der Waals surface area contributed by atoms with Crippen molar-refractivity contribution >= 4 is 23.6 Å². The highest BCUT2D eigenvalue weighted by atomic mass is 32.2. The number of carbonyl (C=O) groups excluding carboxylic acids is 1. The number of methoxy groups -OCH3 is 2. The zero-order chi connectivity index (χ0) is 19.7. The molecule has 2 aromatic carbocycles. The quantitative estimate of drug-likeness (QED) is 0.793. The molecule has 1 aliphatic heterocycles. The van der Waals surface area contributed by atoms with Crippen LogP contribution in [-0.2, 0) is 4.79 Å². The molecule has 0 unspecified atom stereocenters. The van der Waals surface area contributed by atoms with Gasteiger partial charge in [0.25, 0.3) is 5.91 Å². The molecule has 1 N–H and O–H groups in total. The maximum absolute atomic E-state index is 13.0. The number of amides is 1. The van der Waals surface area contributed by atoms with Crippen LogP contribution in [0.15, 0.2) is 41.3 Å². The van der Waals surface area contributed by atoms with Crippen molar-refractivity contribution in [3.05, 3.63) is 53.1 Å². The first-order valence-electron chi connectivity index (χ1n) is 8.32. The summed E-state index contributed by atoms with van der Waals surface area (Å²) in [6.45, 7) is 0. The van der Waals surface area contributed by atoms with E-state index in [1.165, 1.54) is 19.1 Å². The zero-order valence-corrected chi connectivity index (χ0v) is 16.4. The van der Waals surface area contributed by atoms with E-state index >= 15 is 0 Å². The van der Waals surface area contributed by atoms with Gasteiger partial charge in [0.05, 0.1) is 20.3 Å². The van der Waals surface area contributed by atoms with E-state index in [-0.39, 0.29) is 5.91 Å². The van der Waals surface area contributed by atoms with E-state index in [2.05, 4.69) is 0 Å². The fourth-order valence-electron chi connectivity index (χ4n) is 3.53. The summed E-state index contributed by atoms with van der Waals surface area (Å²) < 4.78 is 10.6. The van der Waals surface area contributed by atoms with Crippen LogP contribution in [0.3, 0.4) is 0 Å². The number of fused-ring (bicyclic) bond motifs is 1. The van der Waals surface area contributed by atoms with Crippen molar-refractivity contribution in [1.29, 1.82) is 0 Å². The second-order valence-electron chi connectivity index (χ2n) is 6.24. The van der Waals surface area contributed by atoms with Gasteiger partial charge in [-0.3, -0.25) is 9.59 Å². The van der Waals surface area contributed by atoms with Gasteiger partial charge in [0.2, 0.25) is 0 Å². The Bertz CT molecular complexity index is 881. The Morgan fingerprint density at radius 2 is 1.70 bits per heavy atom. The first-order valence-corrected chi connectivity index (χ1v) is 9.55. The molecule has 0 bridgehead atoms. The summed E-state index contributed by atoms with van der Waals surface area (Å²) >= 11 is 1.60. The number of rotatable bonds is 5. The lowest BCUT2D eigenvalue weighted by atomic mass is 9.80. The number of benzene rings is 2. The summed E-state index contributed by atoms with van der Waals surface area (Å²) in [5.74, 6) is -1.37. The monoisotopic (exact) mass is 387 g/mol. The molecule has 1 amide bonds. The highest BCUT2D eigenvalue weighted by molar-refractivity contribution is 7.98. The molecule has 0 aliphatic carbocycles. The molecule has 2 atom stereocenters. The number of carboxylic acid groups (broad SMARTS) is 1. The molecule has 7 heteroatoms. The van der Waals surface area contributed by atoms with Crippen molar-refractivity contribution in [2.45, 2.75) is 16.9 Å². The Labute approximate surface area is 162 Å². The Morgan fingerprint density at radius 1 is 1.11 bits per heavy atom. The van der Waals surface area contributed by atoms with Crippen molar-refractivity contribution in [1.82, 2.24) is 4.90 Å². The highest BCUT2D eigenvalue weighted by Gasteiger charge is 2.43. The van der Waals surface area contributed by atoms with E-state index in [0.29, 0.717) is 22.6 Å². The molecule has 0 aromatic heterocycles. The first-order chi connectivity index (χ1) is 12.9. The minimum atomic E-state index is -0.998. The molecule has 1 aliphatic rings. The van der Waals surface area contributed by atoms with Crippen LogP contribution in [0.2, 0.25) is 0 Å². The predicted octanol–water partition coefficient (Wildman–Crippen LogP) is 3.42. The Hall–Kier alpha value is -2.67. The van der Waals surface area contributed by atoms with Crippen LogP contribution in [0.1, 0.15) is 33.4 Å². The second kappa shape index (κ2) is 7.52. The predicted molar refractivity (Wildman–Crippen MR) is 103 cm³/mol. The minimum absolute atomic E-state index is 0.248. The van der Waals surface area contributed by atoms with Crippen LogP contribution in [0.4, 0.5) is 0 Å². The van der Waals surface area contributed by atoms with E-state index in [1.54, 1.807) is 30.9 Å². The van der Waals surface area contributed by atoms with E-state index < -0.39 is 17.9 Å². The molecule has 0 spiro atoms. The van der Waals surface area contributed by atoms with Crippen molar-refractivity contribution in [2.24, 2.45) is 0 Å². The van der Waals surface area contributed by atoms with Gasteiger partial charge in [-0.15, -0.1) is 11.8 Å². The number of carbonyl (C=O) groups is 2. The van der Waals surface area contributed by atoms with Gasteiger partial charge in [-0.25, -0.2) is 0 Å². The number of aliphatic carboxylic acids is 1. The topological polar surface area (TPSA) is 76.1 Å². The molecule has 2 aromatic rings. The Morgan fingerprint density at radius 3 is 2.22 bits per heavy atom. The molecule has 0 saturated carbocycles. The molecule has 0 saturated heterocycles. The van der Waals surface area contributed by atoms with Crippen molar-refractivity contribution in [3.63, 3.8) is 0 Å². The highest BCUT2D eigenvalue weighted by Crippen LogP contribution is 2.45. The third-order valence-corrected chi connectivity index (χ3v) is 5.64. The summed E-state index contributed by atoms with van der Waals surface area (Å²) in [4.78, 5) is 27.8.